The van der Waals surface area contributed by atoms with E-state index < -0.39 is 5.97 Å². The second kappa shape index (κ2) is 6.00. The predicted octanol–water partition coefficient (Wildman–Crippen LogP) is 0.741. The molecular formula is C12H17N3O3. The first-order chi connectivity index (χ1) is 8.41. The van der Waals surface area contributed by atoms with Crippen molar-refractivity contribution in [3.63, 3.8) is 0 Å². The molecule has 0 saturated carbocycles. The van der Waals surface area contributed by atoms with E-state index in [9.17, 15) is 9.59 Å². The van der Waals surface area contributed by atoms with Crippen molar-refractivity contribution < 1.29 is 14.7 Å². The van der Waals surface area contributed by atoms with Crippen LogP contribution in [0.15, 0.2) is 18.3 Å². The molecule has 1 aromatic rings. The number of nitrogens with zero attached hydrogens (tertiary/aromatic N) is 2. The predicted molar refractivity (Wildman–Crippen MR) is 67.7 cm³/mol. The van der Waals surface area contributed by atoms with Crippen molar-refractivity contribution in [3.8, 4) is 0 Å². The minimum absolute atomic E-state index is 0.0496. The molecule has 0 aliphatic rings. The molecule has 0 atom stereocenters. The molecule has 0 aliphatic heterocycles. The summed E-state index contributed by atoms with van der Waals surface area (Å²) in [6.45, 7) is 3.79. The number of aromatic nitrogens is 1. The number of carbonyl (C=O) groups is 2. The Morgan fingerprint density at radius 1 is 1.50 bits per heavy atom. The van der Waals surface area contributed by atoms with Crippen molar-refractivity contribution in [2.75, 3.05) is 18.5 Å². The summed E-state index contributed by atoms with van der Waals surface area (Å²) >= 11 is 0. The highest BCUT2D eigenvalue weighted by molar-refractivity contribution is 5.94. The van der Waals surface area contributed by atoms with Crippen molar-refractivity contribution in [2.45, 2.75) is 19.9 Å². The van der Waals surface area contributed by atoms with Crippen LogP contribution in [0.1, 0.15) is 24.2 Å². The fraction of sp³-hybridized carbons (Fsp3) is 0.417. The molecule has 18 heavy (non-hydrogen) atoms. The first-order valence-corrected chi connectivity index (χ1v) is 5.60. The van der Waals surface area contributed by atoms with Crippen molar-refractivity contribution >= 4 is 17.7 Å². The van der Waals surface area contributed by atoms with Gasteiger partial charge in [-0.1, -0.05) is 0 Å². The van der Waals surface area contributed by atoms with Crippen LogP contribution in [0.4, 0.5) is 5.82 Å². The third-order valence-electron chi connectivity index (χ3n) is 2.21. The molecule has 6 heteroatoms. The van der Waals surface area contributed by atoms with Crippen LogP contribution in [-0.2, 0) is 4.79 Å². The largest absolute Gasteiger partial charge is 0.478 e. The number of carboxylic acids is 1. The van der Waals surface area contributed by atoms with Gasteiger partial charge in [0, 0.05) is 19.3 Å². The first kappa shape index (κ1) is 14.0. The number of hydrogen-bond acceptors (Lipinski definition) is 4. The maximum atomic E-state index is 11.6. The number of aromatic carboxylic acids is 1. The SMILES string of the molecule is CC(C)NC(=O)CN(C)c1ncccc1C(=O)O. The van der Waals surface area contributed by atoms with E-state index in [1.54, 1.807) is 13.1 Å². The Morgan fingerprint density at radius 3 is 2.72 bits per heavy atom. The van der Waals surface area contributed by atoms with Gasteiger partial charge >= 0.3 is 5.97 Å². The van der Waals surface area contributed by atoms with Crippen LogP contribution in [0.2, 0.25) is 0 Å². The summed E-state index contributed by atoms with van der Waals surface area (Å²) in [6, 6.07) is 3.06. The Balaban J connectivity index is 2.81. The molecule has 0 fully saturated rings. The van der Waals surface area contributed by atoms with Crippen LogP contribution in [0.25, 0.3) is 0 Å². The van der Waals surface area contributed by atoms with E-state index in [1.165, 1.54) is 17.2 Å². The summed E-state index contributed by atoms with van der Waals surface area (Å²) in [5, 5.41) is 11.8. The van der Waals surface area contributed by atoms with E-state index in [2.05, 4.69) is 10.3 Å². The van der Waals surface area contributed by atoms with Gasteiger partial charge < -0.3 is 15.3 Å². The molecule has 0 saturated heterocycles. The quantitative estimate of drug-likeness (QED) is 0.806. The summed E-state index contributed by atoms with van der Waals surface area (Å²) in [5.74, 6) is -0.951. The van der Waals surface area contributed by atoms with E-state index in [1.807, 2.05) is 13.8 Å². The third-order valence-corrected chi connectivity index (χ3v) is 2.21. The fourth-order valence-electron chi connectivity index (χ4n) is 1.53. The number of likely N-dealkylation sites (N-methyl/N-ethyl adjacent to an activating group) is 1. The lowest BCUT2D eigenvalue weighted by Crippen LogP contribution is -2.39. The van der Waals surface area contributed by atoms with Gasteiger partial charge in [-0.3, -0.25) is 4.79 Å². The summed E-state index contributed by atoms with van der Waals surface area (Å²) in [7, 11) is 1.63. The molecule has 0 radical (unpaired) electrons. The molecule has 0 unspecified atom stereocenters. The van der Waals surface area contributed by atoms with Gasteiger partial charge in [-0.25, -0.2) is 9.78 Å². The van der Waals surface area contributed by atoms with Crippen LogP contribution in [0.3, 0.4) is 0 Å². The average Bonchev–Trinajstić information content (AvgIpc) is 2.27. The smallest absolute Gasteiger partial charge is 0.339 e. The maximum Gasteiger partial charge on any atom is 0.339 e. The molecule has 0 aromatic carbocycles. The number of carbonyl (C=O) groups excluding carboxylic acids is 1. The van der Waals surface area contributed by atoms with Gasteiger partial charge in [0.2, 0.25) is 5.91 Å². The number of anilines is 1. The molecule has 1 amide bonds. The van der Waals surface area contributed by atoms with E-state index in [-0.39, 0.29) is 29.9 Å². The van der Waals surface area contributed by atoms with Gasteiger partial charge in [0.25, 0.3) is 0 Å². The van der Waals surface area contributed by atoms with Crippen molar-refractivity contribution in [3.05, 3.63) is 23.9 Å². The van der Waals surface area contributed by atoms with Gasteiger partial charge in [-0.15, -0.1) is 0 Å². The molecular weight excluding hydrogens is 234 g/mol. The van der Waals surface area contributed by atoms with Gasteiger partial charge in [-0.05, 0) is 26.0 Å². The Hall–Kier alpha value is -2.11. The van der Waals surface area contributed by atoms with E-state index in [0.717, 1.165) is 0 Å². The van der Waals surface area contributed by atoms with Gasteiger partial charge in [-0.2, -0.15) is 0 Å². The zero-order valence-corrected chi connectivity index (χ0v) is 10.7. The lowest BCUT2D eigenvalue weighted by Gasteiger charge is -2.20. The van der Waals surface area contributed by atoms with Crippen molar-refractivity contribution in [1.82, 2.24) is 10.3 Å². The van der Waals surface area contributed by atoms with Crippen LogP contribution >= 0.6 is 0 Å². The molecule has 0 aliphatic carbocycles. The Morgan fingerprint density at radius 2 is 2.17 bits per heavy atom. The van der Waals surface area contributed by atoms with E-state index in [0.29, 0.717) is 0 Å². The normalized spacial score (nSPS) is 10.2. The van der Waals surface area contributed by atoms with Crippen LogP contribution in [-0.4, -0.2) is 41.6 Å². The highest BCUT2D eigenvalue weighted by Crippen LogP contribution is 2.15. The number of pyridine rings is 1. The Kier molecular flexibility index (Phi) is 4.65. The van der Waals surface area contributed by atoms with Crippen molar-refractivity contribution in [1.29, 1.82) is 0 Å². The molecule has 0 bridgehead atoms. The van der Waals surface area contributed by atoms with Crippen LogP contribution < -0.4 is 10.2 Å². The Bertz CT molecular complexity index is 446. The molecule has 2 N–H and O–H groups in total. The van der Waals surface area contributed by atoms with E-state index in [4.69, 9.17) is 5.11 Å². The third kappa shape index (κ3) is 3.73. The molecule has 6 nitrogen and oxygen atoms in total. The number of rotatable bonds is 5. The minimum atomic E-state index is -1.06. The number of amides is 1. The summed E-state index contributed by atoms with van der Waals surface area (Å²) < 4.78 is 0. The summed E-state index contributed by atoms with van der Waals surface area (Å²) in [4.78, 5) is 28.1. The highest BCUT2D eigenvalue weighted by Gasteiger charge is 2.16. The molecule has 1 rings (SSSR count). The molecule has 1 heterocycles. The Labute approximate surface area is 106 Å². The molecule has 1 aromatic heterocycles. The van der Waals surface area contributed by atoms with Gasteiger partial charge in [0.1, 0.15) is 11.4 Å². The standard InChI is InChI=1S/C12H17N3O3/c1-8(2)14-10(16)7-15(3)11-9(12(17)18)5-4-6-13-11/h4-6,8H,7H2,1-3H3,(H,14,16)(H,17,18). The summed E-state index contributed by atoms with van der Waals surface area (Å²) in [6.07, 6.45) is 1.50. The monoisotopic (exact) mass is 251 g/mol. The topological polar surface area (TPSA) is 82.5 Å². The fourth-order valence-corrected chi connectivity index (χ4v) is 1.53. The van der Waals surface area contributed by atoms with Crippen molar-refractivity contribution in [2.24, 2.45) is 0 Å². The summed E-state index contributed by atoms with van der Waals surface area (Å²) in [5.41, 5.74) is 0.0809. The minimum Gasteiger partial charge on any atom is -0.478 e. The number of carboxylic acid groups (broad SMARTS) is 1. The number of hydrogen-bond donors (Lipinski definition) is 2. The van der Waals surface area contributed by atoms with Crippen LogP contribution in [0.5, 0.6) is 0 Å². The lowest BCUT2D eigenvalue weighted by atomic mass is 10.2. The molecule has 0 spiro atoms. The highest BCUT2D eigenvalue weighted by atomic mass is 16.4. The second-order valence-corrected chi connectivity index (χ2v) is 4.26. The average molecular weight is 251 g/mol. The van der Waals surface area contributed by atoms with E-state index >= 15 is 0 Å². The van der Waals surface area contributed by atoms with Gasteiger partial charge in [0.15, 0.2) is 0 Å². The number of nitrogens with one attached hydrogen (secondary N) is 1. The first-order valence-electron chi connectivity index (χ1n) is 5.60. The molecule has 98 valence electrons. The zero-order valence-electron chi connectivity index (χ0n) is 10.7. The second-order valence-electron chi connectivity index (χ2n) is 4.26. The maximum absolute atomic E-state index is 11.6. The van der Waals surface area contributed by atoms with Crippen LogP contribution in [0, 0.1) is 0 Å². The zero-order chi connectivity index (χ0) is 13.7. The lowest BCUT2D eigenvalue weighted by molar-refractivity contribution is -0.120. The van der Waals surface area contributed by atoms with Gasteiger partial charge in [0.05, 0.1) is 6.54 Å².